The first kappa shape index (κ1) is 14.6. The van der Waals surface area contributed by atoms with Gasteiger partial charge in [0.25, 0.3) is 0 Å². The van der Waals surface area contributed by atoms with Crippen LogP contribution in [-0.2, 0) is 6.54 Å². The second kappa shape index (κ2) is 5.48. The number of benzene rings is 1. The van der Waals surface area contributed by atoms with Gasteiger partial charge < -0.3 is 5.73 Å². The Kier molecular flexibility index (Phi) is 4.46. The van der Waals surface area contributed by atoms with Crippen LogP contribution in [0.25, 0.3) is 0 Å². The Balaban J connectivity index is 2.89. The number of amidine groups is 1. The number of nitrogen functional groups attached to an aromatic ring is 1. The lowest BCUT2D eigenvalue weighted by molar-refractivity contribution is 0.141. The van der Waals surface area contributed by atoms with Gasteiger partial charge in [-0.1, -0.05) is 19.1 Å². The molecule has 0 unspecified atom stereocenters. The van der Waals surface area contributed by atoms with Gasteiger partial charge in [-0.2, -0.15) is 0 Å². The van der Waals surface area contributed by atoms with E-state index in [1.165, 1.54) is 6.07 Å². The molecule has 0 aliphatic rings. The van der Waals surface area contributed by atoms with E-state index < -0.39 is 0 Å². The molecule has 0 radical (unpaired) electrons. The summed E-state index contributed by atoms with van der Waals surface area (Å²) in [5.41, 5.74) is 6.42. The van der Waals surface area contributed by atoms with Gasteiger partial charge in [-0.05, 0) is 33.4 Å². The van der Waals surface area contributed by atoms with Crippen LogP contribution >= 0.6 is 0 Å². The third kappa shape index (κ3) is 3.29. The number of rotatable bonds is 5. The summed E-state index contributed by atoms with van der Waals surface area (Å²) < 4.78 is 13.9. The van der Waals surface area contributed by atoms with Crippen molar-refractivity contribution in [2.24, 2.45) is 5.73 Å². The van der Waals surface area contributed by atoms with Crippen LogP contribution < -0.4 is 5.73 Å². The van der Waals surface area contributed by atoms with Crippen molar-refractivity contribution in [3.8, 4) is 0 Å². The standard InChI is InChI=1S/C14H22FN3/c1-5-14(2,3)18(4)9-11-7-6-10(13(16)17)8-12(11)15/h6-8H,5,9H2,1-4H3,(H3,16,17). The molecule has 0 saturated heterocycles. The molecule has 0 aliphatic heterocycles. The molecular weight excluding hydrogens is 229 g/mol. The molecule has 1 aromatic carbocycles. The van der Waals surface area contributed by atoms with Crippen molar-refractivity contribution >= 4 is 5.84 Å². The van der Waals surface area contributed by atoms with Crippen LogP contribution in [0.15, 0.2) is 18.2 Å². The second-order valence-electron chi connectivity index (χ2n) is 5.24. The summed E-state index contributed by atoms with van der Waals surface area (Å²) >= 11 is 0. The van der Waals surface area contributed by atoms with Crippen LogP contribution in [-0.4, -0.2) is 23.3 Å². The van der Waals surface area contributed by atoms with Gasteiger partial charge in [0.15, 0.2) is 0 Å². The molecule has 0 amide bonds. The molecule has 0 fully saturated rings. The van der Waals surface area contributed by atoms with Gasteiger partial charge in [-0.25, -0.2) is 4.39 Å². The summed E-state index contributed by atoms with van der Waals surface area (Å²) in [6, 6.07) is 4.71. The second-order valence-corrected chi connectivity index (χ2v) is 5.24. The summed E-state index contributed by atoms with van der Waals surface area (Å²) in [4.78, 5) is 2.12. The summed E-state index contributed by atoms with van der Waals surface area (Å²) in [5.74, 6) is -0.413. The number of hydrogen-bond acceptors (Lipinski definition) is 2. The molecule has 0 saturated carbocycles. The van der Waals surface area contributed by atoms with Gasteiger partial charge >= 0.3 is 0 Å². The maximum Gasteiger partial charge on any atom is 0.128 e. The Labute approximate surface area is 108 Å². The topological polar surface area (TPSA) is 53.1 Å². The fourth-order valence-corrected chi connectivity index (χ4v) is 1.58. The number of nitrogens with one attached hydrogen (secondary N) is 1. The lowest BCUT2D eigenvalue weighted by Gasteiger charge is -2.35. The van der Waals surface area contributed by atoms with Crippen molar-refractivity contribution in [1.82, 2.24) is 4.90 Å². The zero-order valence-electron chi connectivity index (χ0n) is 11.5. The molecule has 0 aromatic heterocycles. The van der Waals surface area contributed by atoms with E-state index in [2.05, 4.69) is 25.7 Å². The maximum absolute atomic E-state index is 13.9. The molecule has 4 heteroatoms. The normalized spacial score (nSPS) is 11.9. The van der Waals surface area contributed by atoms with Crippen molar-refractivity contribution in [1.29, 1.82) is 5.41 Å². The Morgan fingerprint density at radius 2 is 2.06 bits per heavy atom. The molecule has 1 aromatic rings. The molecule has 0 heterocycles. The van der Waals surface area contributed by atoms with Crippen molar-refractivity contribution in [3.63, 3.8) is 0 Å². The largest absolute Gasteiger partial charge is 0.384 e. The Morgan fingerprint density at radius 3 is 2.50 bits per heavy atom. The number of nitrogens with zero attached hydrogens (tertiary/aromatic N) is 1. The van der Waals surface area contributed by atoms with E-state index in [0.717, 1.165) is 6.42 Å². The van der Waals surface area contributed by atoms with Crippen molar-refractivity contribution in [3.05, 3.63) is 35.1 Å². The Hall–Kier alpha value is -1.42. The molecular formula is C14H22FN3. The van der Waals surface area contributed by atoms with E-state index in [0.29, 0.717) is 17.7 Å². The van der Waals surface area contributed by atoms with Crippen molar-refractivity contribution in [2.75, 3.05) is 7.05 Å². The van der Waals surface area contributed by atoms with Crippen LogP contribution in [0.3, 0.4) is 0 Å². The van der Waals surface area contributed by atoms with E-state index in [1.807, 2.05) is 7.05 Å². The van der Waals surface area contributed by atoms with Crippen molar-refractivity contribution < 1.29 is 4.39 Å². The molecule has 3 nitrogen and oxygen atoms in total. The van der Waals surface area contributed by atoms with Gasteiger partial charge in [0.05, 0.1) is 0 Å². The van der Waals surface area contributed by atoms with Crippen molar-refractivity contribution in [2.45, 2.75) is 39.3 Å². The highest BCUT2D eigenvalue weighted by Crippen LogP contribution is 2.20. The SMILES string of the molecule is CCC(C)(C)N(C)Cc1ccc(C(=N)N)cc1F. The van der Waals surface area contributed by atoms with Crippen LogP contribution in [0.1, 0.15) is 38.3 Å². The van der Waals surface area contributed by atoms with E-state index in [-0.39, 0.29) is 17.2 Å². The summed E-state index contributed by atoms with van der Waals surface area (Å²) in [6.07, 6.45) is 0.997. The quantitative estimate of drug-likeness (QED) is 0.624. The third-order valence-corrected chi connectivity index (χ3v) is 3.67. The zero-order valence-corrected chi connectivity index (χ0v) is 11.5. The summed E-state index contributed by atoms with van der Waals surface area (Å²) in [5, 5.41) is 7.27. The third-order valence-electron chi connectivity index (χ3n) is 3.67. The first-order valence-corrected chi connectivity index (χ1v) is 6.12. The molecule has 0 aliphatic carbocycles. The average Bonchev–Trinajstić information content (AvgIpc) is 2.31. The number of nitrogens with two attached hydrogens (primary N) is 1. The molecule has 3 N–H and O–H groups in total. The highest BCUT2D eigenvalue weighted by molar-refractivity contribution is 5.94. The van der Waals surface area contributed by atoms with Gasteiger partial charge in [0.2, 0.25) is 0 Å². The Bertz CT molecular complexity index is 441. The highest BCUT2D eigenvalue weighted by atomic mass is 19.1. The average molecular weight is 251 g/mol. The lowest BCUT2D eigenvalue weighted by atomic mass is 9.99. The number of hydrogen-bond donors (Lipinski definition) is 2. The smallest absolute Gasteiger partial charge is 0.128 e. The maximum atomic E-state index is 13.9. The monoisotopic (exact) mass is 251 g/mol. The predicted molar refractivity (Wildman–Crippen MR) is 73.3 cm³/mol. The first-order chi connectivity index (χ1) is 8.27. The van der Waals surface area contributed by atoms with Gasteiger partial charge in [-0.15, -0.1) is 0 Å². The summed E-state index contributed by atoms with van der Waals surface area (Å²) in [7, 11) is 1.99. The van der Waals surface area contributed by atoms with Crippen LogP contribution in [0.5, 0.6) is 0 Å². The van der Waals surface area contributed by atoms with Crippen LogP contribution in [0.4, 0.5) is 4.39 Å². The van der Waals surface area contributed by atoms with Gasteiger partial charge in [0.1, 0.15) is 11.7 Å². The lowest BCUT2D eigenvalue weighted by Crippen LogP contribution is -2.40. The van der Waals surface area contributed by atoms with Crippen LogP contribution in [0, 0.1) is 11.2 Å². The minimum absolute atomic E-state index is 0.0334. The van der Waals surface area contributed by atoms with E-state index in [4.69, 9.17) is 11.1 Å². The Morgan fingerprint density at radius 1 is 1.44 bits per heavy atom. The molecule has 18 heavy (non-hydrogen) atoms. The minimum atomic E-state index is -0.304. The zero-order chi connectivity index (χ0) is 13.9. The molecule has 100 valence electrons. The van der Waals surface area contributed by atoms with E-state index >= 15 is 0 Å². The summed E-state index contributed by atoms with van der Waals surface area (Å²) in [6.45, 7) is 6.93. The van der Waals surface area contributed by atoms with Gasteiger partial charge in [-0.3, -0.25) is 10.3 Å². The fraction of sp³-hybridized carbons (Fsp3) is 0.500. The first-order valence-electron chi connectivity index (χ1n) is 6.12. The highest BCUT2D eigenvalue weighted by Gasteiger charge is 2.22. The molecule has 0 bridgehead atoms. The molecule has 0 atom stereocenters. The molecule has 0 spiro atoms. The predicted octanol–water partition coefficient (Wildman–Crippen LogP) is 2.73. The van der Waals surface area contributed by atoms with E-state index in [9.17, 15) is 4.39 Å². The van der Waals surface area contributed by atoms with Gasteiger partial charge in [0, 0.05) is 23.2 Å². The minimum Gasteiger partial charge on any atom is -0.384 e. The molecule has 1 rings (SSSR count). The van der Waals surface area contributed by atoms with E-state index in [1.54, 1.807) is 12.1 Å². The van der Waals surface area contributed by atoms with Crippen LogP contribution in [0.2, 0.25) is 0 Å². The number of halogens is 1. The fourth-order valence-electron chi connectivity index (χ4n) is 1.58.